The van der Waals surface area contributed by atoms with Crippen molar-refractivity contribution in [2.75, 3.05) is 38.8 Å². The monoisotopic (exact) mass is 734 g/mol. The molecule has 0 amide bonds. The summed E-state index contributed by atoms with van der Waals surface area (Å²) in [7, 11) is 3.72. The van der Waals surface area contributed by atoms with E-state index in [-0.39, 0.29) is 42.5 Å². The summed E-state index contributed by atoms with van der Waals surface area (Å²) in [6.45, 7) is 4.27. The third kappa shape index (κ3) is 8.78. The Kier molecular flexibility index (Phi) is 12.5. The number of aliphatic hydroxyl groups is 1. The van der Waals surface area contributed by atoms with E-state index in [2.05, 4.69) is 14.9 Å². The second-order valence-electron chi connectivity index (χ2n) is 11.7. The van der Waals surface area contributed by atoms with Gasteiger partial charge in [0.05, 0.1) is 39.6 Å². The van der Waals surface area contributed by atoms with E-state index < -0.39 is 23.6 Å². The van der Waals surface area contributed by atoms with Crippen molar-refractivity contribution in [1.82, 2.24) is 14.9 Å². The smallest absolute Gasteiger partial charge is 0.171 e. The Balaban J connectivity index is 0.00000504. The molecule has 4 heterocycles. The highest BCUT2D eigenvalue weighted by Gasteiger charge is 2.31. The van der Waals surface area contributed by atoms with E-state index in [9.17, 15) is 14.3 Å². The Labute approximate surface area is 304 Å². The first-order valence-electron chi connectivity index (χ1n) is 16.0. The molecule has 0 aliphatic carbocycles. The number of nitrogens with zero attached hydrogens (tertiary/aromatic N) is 4. The summed E-state index contributed by atoms with van der Waals surface area (Å²) in [4.78, 5) is 27.2. The fourth-order valence-electron chi connectivity index (χ4n) is 5.55. The number of Topliss-reactive ketones (excluding diaryl/α,β-unsaturated/α-hetero) is 1. The Morgan fingerprint density at radius 2 is 1.80 bits per heavy atom. The van der Waals surface area contributed by atoms with Crippen LogP contribution < -0.4 is 9.64 Å². The van der Waals surface area contributed by atoms with Gasteiger partial charge in [-0.1, -0.05) is 12.1 Å². The second-order valence-corrected chi connectivity index (χ2v) is 12.7. The standard InChI is InChI=1S/C38H36F2N4O5S.ClH/c1-4-48-33-14-16-44(27-9-7-26(39)8-10-27)38(46)36(33)31(45)20-24-6-12-32(28(40)19-24)49-34-13-15-41-30-21-35(50-37(30)34)29-11-5-25(22-42-29)23-43(2)17-18-47-3;/h5-16,19,21-22,38,46H,4,17-18,20,23H2,1-3H3;1H. The molecule has 9 nitrogen and oxygen atoms in total. The molecular weight excluding hydrogens is 698 g/mol. The molecule has 0 saturated heterocycles. The van der Waals surface area contributed by atoms with Gasteiger partial charge in [0.1, 0.15) is 17.3 Å². The summed E-state index contributed by atoms with van der Waals surface area (Å²) in [5, 5.41) is 11.2. The quantitative estimate of drug-likeness (QED) is 0.123. The number of likely N-dealkylation sites (N-methyl/N-ethyl adjacent to an activating group) is 1. The van der Waals surface area contributed by atoms with E-state index in [0.717, 1.165) is 33.9 Å². The van der Waals surface area contributed by atoms with Gasteiger partial charge >= 0.3 is 0 Å². The number of aliphatic hydroxyl groups excluding tert-OH is 1. The van der Waals surface area contributed by atoms with Crippen LogP contribution in [0.4, 0.5) is 14.5 Å². The highest BCUT2D eigenvalue weighted by Crippen LogP contribution is 2.39. The van der Waals surface area contributed by atoms with Gasteiger partial charge in [0, 0.05) is 57.0 Å². The topological polar surface area (TPSA) is 97.2 Å². The highest BCUT2D eigenvalue weighted by atomic mass is 35.5. The van der Waals surface area contributed by atoms with E-state index in [1.165, 1.54) is 52.6 Å². The molecule has 51 heavy (non-hydrogen) atoms. The van der Waals surface area contributed by atoms with Crippen LogP contribution in [0.3, 0.4) is 0 Å². The van der Waals surface area contributed by atoms with Gasteiger partial charge in [-0.15, -0.1) is 23.7 Å². The van der Waals surface area contributed by atoms with Crippen LogP contribution in [-0.2, 0) is 27.2 Å². The molecule has 1 aliphatic heterocycles. The number of methoxy groups -OCH3 is 1. The van der Waals surface area contributed by atoms with Crippen LogP contribution in [0.2, 0.25) is 0 Å². The van der Waals surface area contributed by atoms with Crippen molar-refractivity contribution >= 4 is 45.4 Å². The number of benzene rings is 2. The minimum absolute atomic E-state index is 0. The number of aromatic nitrogens is 2. The normalized spacial score (nSPS) is 14.3. The van der Waals surface area contributed by atoms with Gasteiger partial charge in [-0.2, -0.15) is 0 Å². The van der Waals surface area contributed by atoms with E-state index >= 15 is 4.39 Å². The van der Waals surface area contributed by atoms with Crippen molar-refractivity contribution in [3.8, 4) is 22.1 Å². The molecule has 1 N–H and O–H groups in total. The average molecular weight is 735 g/mol. The maximum absolute atomic E-state index is 15.5. The van der Waals surface area contributed by atoms with Gasteiger partial charge in [0.25, 0.3) is 0 Å². The van der Waals surface area contributed by atoms with Crippen LogP contribution in [0.1, 0.15) is 18.1 Å². The lowest BCUT2D eigenvalue weighted by molar-refractivity contribution is -0.116. The molecule has 0 spiro atoms. The molecule has 3 aromatic heterocycles. The molecule has 1 unspecified atom stereocenters. The lowest BCUT2D eigenvalue weighted by Gasteiger charge is -2.32. The zero-order chi connectivity index (χ0) is 35.2. The van der Waals surface area contributed by atoms with Crippen molar-refractivity contribution in [3.05, 3.63) is 125 Å². The molecule has 266 valence electrons. The number of fused-ring (bicyclic) bond motifs is 1. The maximum Gasteiger partial charge on any atom is 0.171 e. The summed E-state index contributed by atoms with van der Waals surface area (Å²) in [6, 6.07) is 17.5. The van der Waals surface area contributed by atoms with Crippen LogP contribution in [0.5, 0.6) is 11.5 Å². The first-order valence-corrected chi connectivity index (χ1v) is 16.8. The van der Waals surface area contributed by atoms with Gasteiger partial charge < -0.3 is 24.2 Å². The number of hydrogen-bond acceptors (Lipinski definition) is 10. The number of ether oxygens (including phenoxy) is 3. The SMILES string of the molecule is CCOC1=C(C(=O)Cc2ccc(Oc3ccnc4cc(-c5ccc(CN(C)CCOC)cn5)sc34)c(F)c2)C(O)N(c2ccc(F)cc2)C=C1.Cl. The molecule has 0 bridgehead atoms. The Hall–Kier alpha value is -4.72. The van der Waals surface area contributed by atoms with Crippen LogP contribution in [0.15, 0.2) is 103 Å². The lowest BCUT2D eigenvalue weighted by Crippen LogP contribution is -2.38. The molecule has 0 radical (unpaired) electrons. The number of carbonyl (C=O) groups is 1. The maximum atomic E-state index is 15.5. The molecule has 6 rings (SSSR count). The lowest BCUT2D eigenvalue weighted by atomic mass is 9.98. The number of pyridine rings is 2. The van der Waals surface area contributed by atoms with Crippen molar-refractivity contribution in [3.63, 3.8) is 0 Å². The first kappa shape index (κ1) is 37.5. The Morgan fingerprint density at radius 3 is 2.51 bits per heavy atom. The van der Waals surface area contributed by atoms with Crippen molar-refractivity contribution in [2.24, 2.45) is 0 Å². The molecule has 0 fully saturated rings. The minimum Gasteiger partial charge on any atom is -0.493 e. The summed E-state index contributed by atoms with van der Waals surface area (Å²) in [6.07, 6.45) is 5.01. The number of ketones is 1. The Morgan fingerprint density at radius 1 is 1.02 bits per heavy atom. The predicted molar refractivity (Wildman–Crippen MR) is 196 cm³/mol. The van der Waals surface area contributed by atoms with Crippen LogP contribution in [0.25, 0.3) is 20.8 Å². The zero-order valence-electron chi connectivity index (χ0n) is 28.2. The number of anilines is 1. The molecule has 13 heteroatoms. The van der Waals surface area contributed by atoms with E-state index in [4.69, 9.17) is 14.2 Å². The number of allylic oxidation sites excluding steroid dienone is 1. The minimum atomic E-state index is -1.39. The largest absolute Gasteiger partial charge is 0.493 e. The average Bonchev–Trinajstić information content (AvgIpc) is 3.55. The van der Waals surface area contributed by atoms with Crippen LogP contribution >= 0.6 is 23.7 Å². The molecule has 1 atom stereocenters. The fraction of sp³-hybridized carbons (Fsp3) is 0.237. The van der Waals surface area contributed by atoms with Gasteiger partial charge in [-0.25, -0.2) is 8.78 Å². The number of carbonyl (C=O) groups excluding carboxylic acids is 1. The predicted octanol–water partition coefficient (Wildman–Crippen LogP) is 7.68. The molecule has 0 saturated carbocycles. The molecular formula is C38H37ClF2N4O5S. The summed E-state index contributed by atoms with van der Waals surface area (Å²) < 4.78 is 46.6. The molecule has 1 aliphatic rings. The molecule has 5 aromatic rings. The van der Waals surface area contributed by atoms with Crippen molar-refractivity contribution in [2.45, 2.75) is 26.1 Å². The van der Waals surface area contributed by atoms with Gasteiger partial charge in [0.2, 0.25) is 0 Å². The van der Waals surface area contributed by atoms with Crippen LogP contribution in [0, 0.1) is 11.6 Å². The third-order valence-electron chi connectivity index (χ3n) is 8.06. The first-order chi connectivity index (χ1) is 24.2. The number of rotatable bonds is 14. The summed E-state index contributed by atoms with van der Waals surface area (Å²) >= 11 is 1.45. The van der Waals surface area contributed by atoms with Crippen molar-refractivity contribution in [1.29, 1.82) is 0 Å². The third-order valence-corrected chi connectivity index (χ3v) is 9.22. The van der Waals surface area contributed by atoms with E-state index in [1.54, 1.807) is 44.6 Å². The van der Waals surface area contributed by atoms with Gasteiger partial charge in [-0.3, -0.25) is 19.7 Å². The van der Waals surface area contributed by atoms with E-state index in [1.807, 2.05) is 31.4 Å². The Bertz CT molecular complexity index is 2040. The number of halogens is 3. The number of hydrogen-bond donors (Lipinski definition) is 1. The fourth-order valence-corrected chi connectivity index (χ4v) is 6.59. The second kappa shape index (κ2) is 17.0. The van der Waals surface area contributed by atoms with Gasteiger partial charge in [-0.05, 0) is 79.7 Å². The highest BCUT2D eigenvalue weighted by molar-refractivity contribution is 7.22. The number of thiophene rings is 1. The zero-order valence-corrected chi connectivity index (χ0v) is 29.8. The van der Waals surface area contributed by atoms with Gasteiger partial charge in [0.15, 0.2) is 23.6 Å². The summed E-state index contributed by atoms with van der Waals surface area (Å²) in [5.74, 6) is -0.882. The molecule has 2 aromatic carbocycles. The van der Waals surface area contributed by atoms with E-state index in [0.29, 0.717) is 29.1 Å². The van der Waals surface area contributed by atoms with Crippen LogP contribution in [-0.4, -0.2) is 65.9 Å². The van der Waals surface area contributed by atoms with Crippen molar-refractivity contribution < 1.29 is 32.9 Å². The summed E-state index contributed by atoms with van der Waals surface area (Å²) in [5.41, 5.74) is 3.47.